The fourth-order valence-electron chi connectivity index (χ4n) is 3.06. The van der Waals surface area contributed by atoms with Crippen molar-refractivity contribution in [3.05, 3.63) is 22.7 Å². The number of piperidine rings is 1. The third-order valence-corrected chi connectivity index (χ3v) is 4.65. The Labute approximate surface area is 111 Å². The molecule has 2 heterocycles. The smallest absolute Gasteiger partial charge is 0.323 e. The second kappa shape index (κ2) is 3.82. The number of nitrogens with one attached hydrogen (secondary N) is 1. The number of likely N-dealkylation sites (tertiary alicyclic amines) is 1. The van der Waals surface area contributed by atoms with Crippen LogP contribution in [0, 0.1) is 17.3 Å². The monoisotopic (exact) mass is 262 g/mol. The molecule has 102 valence electrons. The molecule has 0 spiro atoms. The van der Waals surface area contributed by atoms with Crippen LogP contribution < -0.4 is 10.9 Å². The van der Waals surface area contributed by atoms with E-state index in [-0.39, 0.29) is 17.4 Å². The lowest BCUT2D eigenvalue weighted by Gasteiger charge is -2.22. The number of amides is 2. The SMILES string of the molecule is Cn1ccnc(NC(=O)N2CC3C(C2)C3(C)C)c1=O. The molecule has 2 fully saturated rings. The lowest BCUT2D eigenvalue weighted by molar-refractivity contribution is 0.209. The summed E-state index contributed by atoms with van der Waals surface area (Å²) >= 11 is 0. The van der Waals surface area contributed by atoms with Crippen molar-refractivity contribution in [2.45, 2.75) is 13.8 Å². The Balaban J connectivity index is 1.67. The fourth-order valence-corrected chi connectivity index (χ4v) is 3.06. The first kappa shape index (κ1) is 12.2. The van der Waals surface area contributed by atoms with E-state index in [1.165, 1.54) is 10.8 Å². The number of aryl methyl sites for hydroxylation is 1. The van der Waals surface area contributed by atoms with E-state index in [9.17, 15) is 9.59 Å². The molecule has 19 heavy (non-hydrogen) atoms. The van der Waals surface area contributed by atoms with Gasteiger partial charge in [-0.3, -0.25) is 10.1 Å². The van der Waals surface area contributed by atoms with Crippen LogP contribution in [-0.2, 0) is 7.05 Å². The highest BCUT2D eigenvalue weighted by molar-refractivity contribution is 5.88. The average molecular weight is 262 g/mol. The number of rotatable bonds is 1. The summed E-state index contributed by atoms with van der Waals surface area (Å²) in [5.41, 5.74) is 0.0818. The van der Waals surface area contributed by atoms with Crippen LogP contribution in [-0.4, -0.2) is 33.6 Å². The summed E-state index contributed by atoms with van der Waals surface area (Å²) in [6, 6.07) is -0.223. The zero-order valence-corrected chi connectivity index (χ0v) is 11.4. The van der Waals surface area contributed by atoms with Gasteiger partial charge in [-0.25, -0.2) is 9.78 Å². The first-order valence-corrected chi connectivity index (χ1v) is 6.49. The molecule has 1 aliphatic heterocycles. The number of aromatic nitrogens is 2. The van der Waals surface area contributed by atoms with E-state index >= 15 is 0 Å². The van der Waals surface area contributed by atoms with Gasteiger partial charge in [0.25, 0.3) is 5.56 Å². The number of nitrogens with zero attached hydrogens (tertiary/aromatic N) is 3. The van der Waals surface area contributed by atoms with E-state index in [4.69, 9.17) is 0 Å². The number of hydrogen-bond donors (Lipinski definition) is 1. The standard InChI is InChI=1S/C13H18N4O2/c1-13(2)8-6-17(7-9(8)13)12(19)15-10-11(18)16(3)5-4-14-10/h4-5,8-9H,6-7H2,1-3H3,(H,14,15,19). The largest absolute Gasteiger partial charge is 0.324 e. The van der Waals surface area contributed by atoms with Gasteiger partial charge in [-0.2, -0.15) is 0 Å². The molecule has 1 aromatic heterocycles. The third-order valence-electron chi connectivity index (χ3n) is 4.65. The number of hydrogen-bond acceptors (Lipinski definition) is 3. The number of urea groups is 1. The third kappa shape index (κ3) is 1.82. The van der Waals surface area contributed by atoms with Crippen LogP contribution in [0.1, 0.15) is 13.8 Å². The maximum atomic E-state index is 12.1. The number of fused-ring (bicyclic) bond motifs is 1. The van der Waals surface area contributed by atoms with Crippen LogP contribution in [0.5, 0.6) is 0 Å². The van der Waals surface area contributed by atoms with Crippen LogP contribution in [0.3, 0.4) is 0 Å². The van der Waals surface area contributed by atoms with Gasteiger partial charge in [0.05, 0.1) is 0 Å². The zero-order valence-electron chi connectivity index (χ0n) is 11.4. The zero-order chi connectivity index (χ0) is 13.8. The summed E-state index contributed by atoms with van der Waals surface area (Å²) in [5, 5.41) is 2.60. The Hall–Kier alpha value is -1.85. The van der Waals surface area contributed by atoms with Gasteiger partial charge >= 0.3 is 6.03 Å². The number of carbonyl (C=O) groups is 1. The molecule has 0 bridgehead atoms. The molecule has 2 amide bonds. The summed E-state index contributed by atoms with van der Waals surface area (Å²) in [4.78, 5) is 29.5. The average Bonchev–Trinajstić information content (AvgIpc) is 2.77. The van der Waals surface area contributed by atoms with E-state index < -0.39 is 0 Å². The minimum absolute atomic E-state index is 0.0924. The second-order valence-corrected chi connectivity index (χ2v) is 6.06. The van der Waals surface area contributed by atoms with Crippen molar-refractivity contribution in [3.63, 3.8) is 0 Å². The molecule has 1 saturated carbocycles. The molecule has 1 aliphatic carbocycles. The van der Waals surface area contributed by atoms with Crippen LogP contribution in [0.4, 0.5) is 10.6 Å². The van der Waals surface area contributed by atoms with E-state index in [0.717, 1.165) is 13.1 Å². The summed E-state index contributed by atoms with van der Waals surface area (Å²) in [6.45, 7) is 6.03. The molecular weight excluding hydrogens is 244 g/mol. The van der Waals surface area contributed by atoms with Gasteiger partial charge in [-0.15, -0.1) is 0 Å². The molecular formula is C13H18N4O2. The maximum Gasteiger partial charge on any atom is 0.323 e. The van der Waals surface area contributed by atoms with Crippen LogP contribution in [0.2, 0.25) is 0 Å². The lowest BCUT2D eigenvalue weighted by Crippen LogP contribution is -2.38. The van der Waals surface area contributed by atoms with E-state index in [1.54, 1.807) is 18.1 Å². The van der Waals surface area contributed by atoms with Gasteiger partial charge in [0, 0.05) is 32.5 Å². The molecule has 2 aliphatic rings. The molecule has 2 unspecified atom stereocenters. The maximum absolute atomic E-state index is 12.1. The number of carbonyl (C=O) groups excluding carboxylic acids is 1. The molecule has 3 rings (SSSR count). The highest BCUT2D eigenvalue weighted by Gasteiger charge is 2.62. The fraction of sp³-hybridized carbons (Fsp3) is 0.615. The topological polar surface area (TPSA) is 67.2 Å². The van der Waals surface area contributed by atoms with Gasteiger partial charge in [0.2, 0.25) is 5.82 Å². The highest BCUT2D eigenvalue weighted by atomic mass is 16.2. The number of anilines is 1. The minimum atomic E-state index is -0.291. The Bertz CT molecular complexity index is 579. The molecule has 1 saturated heterocycles. The van der Waals surface area contributed by atoms with Gasteiger partial charge in [-0.05, 0) is 17.3 Å². The highest BCUT2D eigenvalue weighted by Crippen LogP contribution is 2.61. The van der Waals surface area contributed by atoms with Gasteiger partial charge in [0.1, 0.15) is 0 Å². The molecule has 1 N–H and O–H groups in total. The first-order valence-electron chi connectivity index (χ1n) is 6.49. The summed E-state index contributed by atoms with van der Waals surface area (Å²) in [6.07, 6.45) is 3.06. The Morgan fingerprint density at radius 2 is 2.05 bits per heavy atom. The lowest BCUT2D eigenvalue weighted by atomic mass is 10.1. The Kier molecular flexibility index (Phi) is 2.45. The van der Waals surface area contributed by atoms with Crippen molar-refractivity contribution in [2.75, 3.05) is 18.4 Å². The predicted molar refractivity (Wildman–Crippen MR) is 70.8 cm³/mol. The van der Waals surface area contributed by atoms with Crippen LogP contribution >= 0.6 is 0 Å². The van der Waals surface area contributed by atoms with Crippen molar-refractivity contribution in [3.8, 4) is 0 Å². The van der Waals surface area contributed by atoms with E-state index in [2.05, 4.69) is 24.1 Å². The summed E-state index contributed by atoms with van der Waals surface area (Å²) < 4.78 is 1.40. The van der Waals surface area contributed by atoms with Crippen molar-refractivity contribution in [1.82, 2.24) is 14.5 Å². The molecule has 0 aromatic carbocycles. The van der Waals surface area contributed by atoms with E-state index in [1.807, 2.05) is 0 Å². The first-order chi connectivity index (χ1) is 8.91. The Morgan fingerprint density at radius 3 is 2.68 bits per heavy atom. The van der Waals surface area contributed by atoms with Crippen molar-refractivity contribution in [2.24, 2.45) is 24.3 Å². The minimum Gasteiger partial charge on any atom is -0.324 e. The van der Waals surface area contributed by atoms with Gasteiger partial charge in [-0.1, -0.05) is 13.8 Å². The molecule has 6 heteroatoms. The van der Waals surface area contributed by atoms with E-state index in [0.29, 0.717) is 17.3 Å². The summed E-state index contributed by atoms with van der Waals surface area (Å²) in [5.74, 6) is 1.30. The summed E-state index contributed by atoms with van der Waals surface area (Å²) in [7, 11) is 1.63. The normalized spacial score (nSPS) is 27.0. The van der Waals surface area contributed by atoms with Crippen molar-refractivity contribution < 1.29 is 4.79 Å². The molecule has 0 radical (unpaired) electrons. The molecule has 2 atom stereocenters. The van der Waals surface area contributed by atoms with Gasteiger partial charge < -0.3 is 9.47 Å². The van der Waals surface area contributed by atoms with Crippen LogP contribution in [0.25, 0.3) is 0 Å². The molecule has 1 aromatic rings. The van der Waals surface area contributed by atoms with Gasteiger partial charge in [0.15, 0.2) is 0 Å². The predicted octanol–water partition coefficient (Wildman–Crippen LogP) is 0.900. The molecule has 6 nitrogen and oxygen atoms in total. The quantitative estimate of drug-likeness (QED) is 0.817. The second-order valence-electron chi connectivity index (χ2n) is 6.06. The Morgan fingerprint density at radius 1 is 1.42 bits per heavy atom. The van der Waals surface area contributed by atoms with Crippen molar-refractivity contribution in [1.29, 1.82) is 0 Å². The van der Waals surface area contributed by atoms with Crippen molar-refractivity contribution >= 4 is 11.8 Å². The van der Waals surface area contributed by atoms with Crippen LogP contribution in [0.15, 0.2) is 17.2 Å².